The molecule has 1 atom stereocenters. The number of aromatic nitrogens is 3. The van der Waals surface area contributed by atoms with Crippen molar-refractivity contribution in [3.8, 4) is 0 Å². The minimum atomic E-state index is -0.329. The van der Waals surface area contributed by atoms with E-state index in [1.54, 1.807) is 13.1 Å². The molecule has 0 saturated heterocycles. The number of hydrogen-bond donors (Lipinski definition) is 0. The predicted octanol–water partition coefficient (Wildman–Crippen LogP) is 2.02. The second kappa shape index (κ2) is 5.16. The molecule has 0 aliphatic carbocycles. The molecule has 0 aromatic carbocycles. The number of carbonyl (C=O) groups excluding carboxylic acids is 1. The molecule has 0 fully saturated rings. The maximum atomic E-state index is 11.9. The van der Waals surface area contributed by atoms with Gasteiger partial charge in [-0.05, 0) is 25.5 Å². The standard InChI is InChI=1S/C13H17N3O2/c1-4-9(13(17)18-5-2)12-15-11-10(16(12)3)7-6-8-14-11/h6-9H,4-5H2,1-3H3. The van der Waals surface area contributed by atoms with Gasteiger partial charge in [-0.1, -0.05) is 6.92 Å². The van der Waals surface area contributed by atoms with Crippen LogP contribution in [0.25, 0.3) is 11.2 Å². The van der Waals surface area contributed by atoms with E-state index >= 15 is 0 Å². The summed E-state index contributed by atoms with van der Waals surface area (Å²) in [6, 6.07) is 3.80. The van der Waals surface area contributed by atoms with Gasteiger partial charge >= 0.3 is 5.97 Å². The first-order chi connectivity index (χ1) is 8.69. The lowest BCUT2D eigenvalue weighted by atomic mass is 10.1. The van der Waals surface area contributed by atoms with Crippen LogP contribution in [0.5, 0.6) is 0 Å². The SMILES string of the molecule is CCOC(=O)C(CC)c1nc2ncccc2n1C. The van der Waals surface area contributed by atoms with Crippen molar-refractivity contribution in [1.29, 1.82) is 0 Å². The van der Waals surface area contributed by atoms with Crippen LogP contribution in [-0.2, 0) is 16.6 Å². The summed E-state index contributed by atoms with van der Waals surface area (Å²) in [6.45, 7) is 4.15. The van der Waals surface area contributed by atoms with Crippen LogP contribution in [0.15, 0.2) is 18.3 Å². The molecular formula is C13H17N3O2. The van der Waals surface area contributed by atoms with E-state index in [9.17, 15) is 4.79 Å². The van der Waals surface area contributed by atoms with Crippen LogP contribution in [0, 0.1) is 0 Å². The van der Waals surface area contributed by atoms with Gasteiger partial charge in [-0.25, -0.2) is 9.97 Å². The Morgan fingerprint density at radius 3 is 2.89 bits per heavy atom. The second-order valence-corrected chi connectivity index (χ2v) is 4.09. The number of fused-ring (bicyclic) bond motifs is 1. The van der Waals surface area contributed by atoms with E-state index in [4.69, 9.17) is 4.74 Å². The average molecular weight is 247 g/mol. The van der Waals surface area contributed by atoms with Crippen LogP contribution in [0.3, 0.4) is 0 Å². The van der Waals surface area contributed by atoms with Crippen LogP contribution in [-0.4, -0.2) is 27.1 Å². The quantitative estimate of drug-likeness (QED) is 0.776. The second-order valence-electron chi connectivity index (χ2n) is 4.09. The van der Waals surface area contributed by atoms with E-state index in [2.05, 4.69) is 9.97 Å². The highest BCUT2D eigenvalue weighted by molar-refractivity contribution is 5.79. The Balaban J connectivity index is 2.45. The molecule has 2 aromatic heterocycles. The summed E-state index contributed by atoms with van der Waals surface area (Å²) in [5, 5.41) is 0. The minimum absolute atomic E-state index is 0.224. The molecule has 0 bridgehead atoms. The van der Waals surface area contributed by atoms with Gasteiger partial charge in [0, 0.05) is 13.2 Å². The van der Waals surface area contributed by atoms with Crippen LogP contribution in [0.1, 0.15) is 32.0 Å². The van der Waals surface area contributed by atoms with Crippen molar-refractivity contribution in [2.24, 2.45) is 7.05 Å². The Morgan fingerprint density at radius 1 is 1.50 bits per heavy atom. The van der Waals surface area contributed by atoms with Crippen molar-refractivity contribution >= 4 is 17.1 Å². The predicted molar refractivity (Wildman–Crippen MR) is 68.2 cm³/mol. The van der Waals surface area contributed by atoms with Crippen molar-refractivity contribution in [2.75, 3.05) is 6.61 Å². The average Bonchev–Trinajstić information content (AvgIpc) is 2.69. The Kier molecular flexibility index (Phi) is 3.60. The summed E-state index contributed by atoms with van der Waals surface area (Å²) in [5.74, 6) is 0.159. The molecule has 5 nitrogen and oxygen atoms in total. The van der Waals surface area contributed by atoms with Crippen LogP contribution < -0.4 is 0 Å². The van der Waals surface area contributed by atoms with Crippen molar-refractivity contribution in [1.82, 2.24) is 14.5 Å². The molecule has 0 saturated carbocycles. The van der Waals surface area contributed by atoms with E-state index in [0.717, 1.165) is 5.52 Å². The summed E-state index contributed by atoms with van der Waals surface area (Å²) in [4.78, 5) is 20.5. The highest BCUT2D eigenvalue weighted by atomic mass is 16.5. The highest BCUT2D eigenvalue weighted by Crippen LogP contribution is 2.23. The van der Waals surface area contributed by atoms with Gasteiger partial charge in [0.15, 0.2) is 5.65 Å². The molecule has 0 spiro atoms. The van der Waals surface area contributed by atoms with E-state index in [0.29, 0.717) is 24.5 Å². The van der Waals surface area contributed by atoms with Crippen LogP contribution >= 0.6 is 0 Å². The number of imidazole rings is 1. The van der Waals surface area contributed by atoms with Crippen LogP contribution in [0.2, 0.25) is 0 Å². The molecule has 5 heteroatoms. The lowest BCUT2D eigenvalue weighted by molar-refractivity contribution is -0.145. The Morgan fingerprint density at radius 2 is 2.28 bits per heavy atom. The van der Waals surface area contributed by atoms with E-state index in [-0.39, 0.29) is 11.9 Å². The van der Waals surface area contributed by atoms with Crippen LogP contribution in [0.4, 0.5) is 0 Å². The van der Waals surface area contributed by atoms with Gasteiger partial charge in [0.25, 0.3) is 0 Å². The topological polar surface area (TPSA) is 57.0 Å². The van der Waals surface area contributed by atoms with Gasteiger partial charge in [0.05, 0.1) is 12.1 Å². The molecule has 0 N–H and O–H groups in total. The molecule has 2 rings (SSSR count). The third kappa shape index (κ3) is 2.08. The number of hydrogen-bond acceptors (Lipinski definition) is 4. The number of pyridine rings is 1. The van der Waals surface area contributed by atoms with E-state index in [1.165, 1.54) is 0 Å². The first-order valence-corrected chi connectivity index (χ1v) is 6.13. The number of rotatable bonds is 4. The molecule has 18 heavy (non-hydrogen) atoms. The number of aryl methyl sites for hydroxylation is 1. The lowest BCUT2D eigenvalue weighted by Crippen LogP contribution is -2.18. The van der Waals surface area contributed by atoms with Crippen molar-refractivity contribution in [3.63, 3.8) is 0 Å². The maximum Gasteiger partial charge on any atom is 0.316 e. The van der Waals surface area contributed by atoms with Gasteiger partial charge < -0.3 is 9.30 Å². The molecule has 1 unspecified atom stereocenters. The fourth-order valence-electron chi connectivity index (χ4n) is 2.05. The van der Waals surface area contributed by atoms with Gasteiger partial charge in [-0.15, -0.1) is 0 Å². The zero-order valence-electron chi connectivity index (χ0n) is 10.9. The molecule has 96 valence electrons. The molecule has 0 aliphatic heterocycles. The third-order valence-electron chi connectivity index (χ3n) is 2.98. The molecule has 0 amide bonds. The van der Waals surface area contributed by atoms with E-state index in [1.807, 2.05) is 30.7 Å². The van der Waals surface area contributed by atoms with E-state index < -0.39 is 0 Å². The molecule has 2 aromatic rings. The van der Waals surface area contributed by atoms with Gasteiger partial charge in [0.1, 0.15) is 11.7 Å². The Labute approximate surface area is 106 Å². The van der Waals surface area contributed by atoms with Crippen molar-refractivity contribution in [2.45, 2.75) is 26.2 Å². The monoisotopic (exact) mass is 247 g/mol. The zero-order valence-corrected chi connectivity index (χ0v) is 10.9. The number of nitrogens with zero attached hydrogens (tertiary/aromatic N) is 3. The van der Waals surface area contributed by atoms with Crippen molar-refractivity contribution in [3.05, 3.63) is 24.2 Å². The third-order valence-corrected chi connectivity index (χ3v) is 2.98. The molecular weight excluding hydrogens is 230 g/mol. The zero-order chi connectivity index (χ0) is 13.1. The largest absolute Gasteiger partial charge is 0.465 e. The highest BCUT2D eigenvalue weighted by Gasteiger charge is 2.25. The number of esters is 1. The maximum absolute atomic E-state index is 11.9. The first kappa shape index (κ1) is 12.5. The minimum Gasteiger partial charge on any atom is -0.465 e. The Bertz CT molecular complexity index is 562. The van der Waals surface area contributed by atoms with Gasteiger partial charge in [-0.2, -0.15) is 0 Å². The fourth-order valence-corrected chi connectivity index (χ4v) is 2.05. The smallest absolute Gasteiger partial charge is 0.316 e. The van der Waals surface area contributed by atoms with Gasteiger partial charge in [0.2, 0.25) is 0 Å². The molecule has 0 aliphatic rings. The summed E-state index contributed by atoms with van der Waals surface area (Å²) in [5.41, 5.74) is 1.59. The summed E-state index contributed by atoms with van der Waals surface area (Å²) >= 11 is 0. The first-order valence-electron chi connectivity index (χ1n) is 6.13. The molecule has 2 heterocycles. The summed E-state index contributed by atoms with van der Waals surface area (Å²) < 4.78 is 7.00. The summed E-state index contributed by atoms with van der Waals surface area (Å²) in [6.07, 6.45) is 2.36. The normalized spacial score (nSPS) is 12.6. The lowest BCUT2D eigenvalue weighted by Gasteiger charge is -2.13. The summed E-state index contributed by atoms with van der Waals surface area (Å²) in [7, 11) is 1.90. The Hall–Kier alpha value is -1.91. The fraction of sp³-hybridized carbons (Fsp3) is 0.462. The van der Waals surface area contributed by atoms with Gasteiger partial charge in [-0.3, -0.25) is 4.79 Å². The molecule has 0 radical (unpaired) electrons. The number of carbonyl (C=O) groups is 1. The van der Waals surface area contributed by atoms with Crippen molar-refractivity contribution < 1.29 is 9.53 Å². The number of ether oxygens (including phenoxy) is 1.